The van der Waals surface area contributed by atoms with E-state index in [9.17, 15) is 4.79 Å². The summed E-state index contributed by atoms with van der Waals surface area (Å²) in [6, 6.07) is 8.07. The van der Waals surface area contributed by atoms with Gasteiger partial charge in [0.05, 0.1) is 12.7 Å². The molecule has 22 heavy (non-hydrogen) atoms. The van der Waals surface area contributed by atoms with Gasteiger partial charge in [-0.3, -0.25) is 4.79 Å². The van der Waals surface area contributed by atoms with Crippen molar-refractivity contribution in [2.24, 2.45) is 0 Å². The van der Waals surface area contributed by atoms with E-state index >= 15 is 0 Å². The van der Waals surface area contributed by atoms with E-state index in [2.05, 4.69) is 43.5 Å². The molecule has 2 rings (SSSR count). The molecule has 1 aromatic carbocycles. The number of carbonyl (C=O) groups is 1. The van der Waals surface area contributed by atoms with Gasteiger partial charge in [-0.1, -0.05) is 38.1 Å². The highest BCUT2D eigenvalue weighted by molar-refractivity contribution is 5.85. The second-order valence-electron chi connectivity index (χ2n) is 6.42. The standard InChI is InChI=1S/C17H26N2O2.ClH/c1-12-7-5-6-8-14(12)17(3,4)11-19-16(20)15-13(2)21-10-9-18-15;/h5-8,13,15,18H,9-11H2,1-4H3,(H,19,20);1H/t13-,15+;/m1./s1. The molecule has 1 saturated heterocycles. The normalized spacial score (nSPS) is 21.8. The lowest BCUT2D eigenvalue weighted by Gasteiger charge is -2.32. The molecule has 4 nitrogen and oxygen atoms in total. The molecular weight excluding hydrogens is 300 g/mol. The van der Waals surface area contributed by atoms with Crippen molar-refractivity contribution in [3.8, 4) is 0 Å². The van der Waals surface area contributed by atoms with Gasteiger partial charge in [-0.25, -0.2) is 0 Å². The van der Waals surface area contributed by atoms with E-state index < -0.39 is 0 Å². The van der Waals surface area contributed by atoms with E-state index in [0.717, 1.165) is 6.54 Å². The first kappa shape index (κ1) is 18.9. The minimum atomic E-state index is -0.258. The van der Waals surface area contributed by atoms with E-state index in [1.54, 1.807) is 0 Å². The monoisotopic (exact) mass is 326 g/mol. The van der Waals surface area contributed by atoms with E-state index in [4.69, 9.17) is 4.74 Å². The summed E-state index contributed by atoms with van der Waals surface area (Å²) in [4.78, 5) is 12.3. The highest BCUT2D eigenvalue weighted by Crippen LogP contribution is 2.25. The number of halogens is 1. The van der Waals surface area contributed by atoms with Crippen molar-refractivity contribution in [3.05, 3.63) is 35.4 Å². The molecule has 0 bridgehead atoms. The van der Waals surface area contributed by atoms with E-state index in [1.165, 1.54) is 11.1 Å². The smallest absolute Gasteiger partial charge is 0.239 e. The topological polar surface area (TPSA) is 50.4 Å². The number of hydrogen-bond acceptors (Lipinski definition) is 3. The number of morpholine rings is 1. The molecule has 2 atom stereocenters. The number of rotatable bonds is 4. The van der Waals surface area contributed by atoms with Gasteiger partial charge < -0.3 is 15.4 Å². The highest BCUT2D eigenvalue weighted by atomic mass is 35.5. The van der Waals surface area contributed by atoms with Crippen LogP contribution in [0, 0.1) is 6.92 Å². The van der Waals surface area contributed by atoms with Crippen molar-refractivity contribution in [3.63, 3.8) is 0 Å². The lowest BCUT2D eigenvalue weighted by molar-refractivity contribution is -0.129. The molecule has 1 aliphatic heterocycles. The fourth-order valence-electron chi connectivity index (χ4n) is 2.87. The van der Waals surface area contributed by atoms with Crippen molar-refractivity contribution in [1.82, 2.24) is 10.6 Å². The van der Waals surface area contributed by atoms with Crippen LogP contribution in [-0.2, 0) is 14.9 Å². The van der Waals surface area contributed by atoms with Crippen molar-refractivity contribution < 1.29 is 9.53 Å². The third kappa shape index (κ3) is 4.45. The Labute approximate surface area is 139 Å². The van der Waals surface area contributed by atoms with Crippen LogP contribution in [0.3, 0.4) is 0 Å². The number of benzene rings is 1. The van der Waals surface area contributed by atoms with E-state index in [-0.39, 0.29) is 35.9 Å². The van der Waals surface area contributed by atoms with Crippen molar-refractivity contribution in [2.75, 3.05) is 19.7 Å². The van der Waals surface area contributed by atoms with Gasteiger partial charge in [0, 0.05) is 18.5 Å². The number of amides is 1. The Balaban J connectivity index is 0.00000242. The zero-order chi connectivity index (χ0) is 15.5. The highest BCUT2D eigenvalue weighted by Gasteiger charge is 2.30. The quantitative estimate of drug-likeness (QED) is 0.891. The molecular formula is C17H27ClN2O2. The maximum Gasteiger partial charge on any atom is 0.239 e. The Morgan fingerprint density at radius 2 is 2.09 bits per heavy atom. The van der Waals surface area contributed by atoms with Crippen LogP contribution in [0.5, 0.6) is 0 Å². The first-order valence-electron chi connectivity index (χ1n) is 7.60. The third-order valence-corrected chi connectivity index (χ3v) is 4.18. The molecule has 2 N–H and O–H groups in total. The van der Waals surface area contributed by atoms with Gasteiger partial charge in [-0.15, -0.1) is 12.4 Å². The summed E-state index contributed by atoms with van der Waals surface area (Å²) in [5.41, 5.74) is 2.43. The first-order valence-corrected chi connectivity index (χ1v) is 7.60. The Kier molecular flexibility index (Phi) is 6.85. The predicted octanol–water partition coefficient (Wildman–Crippen LogP) is 2.19. The van der Waals surface area contributed by atoms with Gasteiger partial charge in [0.25, 0.3) is 0 Å². The van der Waals surface area contributed by atoms with Crippen molar-refractivity contribution >= 4 is 18.3 Å². The van der Waals surface area contributed by atoms with Crippen LogP contribution in [-0.4, -0.2) is 37.7 Å². The zero-order valence-electron chi connectivity index (χ0n) is 13.8. The van der Waals surface area contributed by atoms with Crippen LogP contribution in [0.1, 0.15) is 31.9 Å². The van der Waals surface area contributed by atoms with Gasteiger partial charge in [0.15, 0.2) is 0 Å². The van der Waals surface area contributed by atoms with Crippen LogP contribution in [0.15, 0.2) is 24.3 Å². The van der Waals surface area contributed by atoms with Gasteiger partial charge in [0.2, 0.25) is 5.91 Å². The van der Waals surface area contributed by atoms with Crippen LogP contribution in [0.4, 0.5) is 0 Å². The Hall–Kier alpha value is -1.10. The summed E-state index contributed by atoms with van der Waals surface area (Å²) in [6.07, 6.45) is -0.0830. The summed E-state index contributed by atoms with van der Waals surface area (Å²) in [5, 5.41) is 6.29. The summed E-state index contributed by atoms with van der Waals surface area (Å²) in [5.74, 6) is 0.0175. The van der Waals surface area contributed by atoms with Gasteiger partial charge in [-0.2, -0.15) is 0 Å². The van der Waals surface area contributed by atoms with Gasteiger partial charge >= 0.3 is 0 Å². The van der Waals surface area contributed by atoms with Crippen LogP contribution in [0.2, 0.25) is 0 Å². The summed E-state index contributed by atoms with van der Waals surface area (Å²) >= 11 is 0. The molecule has 5 heteroatoms. The minimum Gasteiger partial charge on any atom is -0.375 e. The number of ether oxygens (including phenoxy) is 1. The molecule has 0 aromatic heterocycles. The molecule has 1 amide bonds. The van der Waals surface area contributed by atoms with Gasteiger partial charge in [-0.05, 0) is 25.0 Å². The molecule has 1 fully saturated rings. The van der Waals surface area contributed by atoms with Crippen LogP contribution < -0.4 is 10.6 Å². The summed E-state index contributed by atoms with van der Waals surface area (Å²) in [7, 11) is 0. The molecule has 0 spiro atoms. The molecule has 0 saturated carbocycles. The molecule has 0 aliphatic carbocycles. The zero-order valence-corrected chi connectivity index (χ0v) is 14.6. The average molecular weight is 327 g/mol. The third-order valence-electron chi connectivity index (χ3n) is 4.18. The molecule has 1 heterocycles. The molecule has 0 radical (unpaired) electrons. The molecule has 124 valence electrons. The maximum atomic E-state index is 12.3. The van der Waals surface area contributed by atoms with Gasteiger partial charge in [0.1, 0.15) is 6.04 Å². The second-order valence-corrected chi connectivity index (χ2v) is 6.42. The molecule has 0 unspecified atom stereocenters. The fourth-order valence-corrected chi connectivity index (χ4v) is 2.87. The van der Waals surface area contributed by atoms with E-state index in [1.807, 2.05) is 19.1 Å². The maximum absolute atomic E-state index is 12.3. The fraction of sp³-hybridized carbons (Fsp3) is 0.588. The summed E-state index contributed by atoms with van der Waals surface area (Å²) < 4.78 is 5.52. The second kappa shape index (κ2) is 7.95. The Morgan fingerprint density at radius 3 is 2.73 bits per heavy atom. The van der Waals surface area contributed by atoms with Crippen LogP contribution in [0.25, 0.3) is 0 Å². The summed E-state index contributed by atoms with van der Waals surface area (Å²) in [6.45, 7) is 10.4. The largest absolute Gasteiger partial charge is 0.375 e. The predicted molar refractivity (Wildman–Crippen MR) is 91.7 cm³/mol. The van der Waals surface area contributed by atoms with Crippen molar-refractivity contribution in [1.29, 1.82) is 0 Å². The number of nitrogens with one attached hydrogen (secondary N) is 2. The van der Waals surface area contributed by atoms with Crippen LogP contribution >= 0.6 is 12.4 Å². The molecule has 1 aromatic rings. The SMILES string of the molecule is Cc1ccccc1C(C)(C)CNC(=O)[C@H]1NCCO[C@@H]1C.Cl. The number of carbonyl (C=O) groups excluding carboxylic acids is 1. The lowest BCUT2D eigenvalue weighted by atomic mass is 9.82. The first-order chi connectivity index (χ1) is 9.92. The van der Waals surface area contributed by atoms with E-state index in [0.29, 0.717) is 13.2 Å². The Bertz CT molecular complexity index is 505. The van der Waals surface area contributed by atoms with Crippen molar-refractivity contribution in [2.45, 2.75) is 45.3 Å². The average Bonchev–Trinajstić information content (AvgIpc) is 2.45. The Morgan fingerprint density at radius 1 is 1.41 bits per heavy atom. The molecule has 1 aliphatic rings. The number of hydrogen-bond donors (Lipinski definition) is 2. The minimum absolute atomic E-state index is 0. The lowest BCUT2D eigenvalue weighted by Crippen LogP contribution is -2.56. The number of aryl methyl sites for hydroxylation is 1.